The molecule has 2 saturated heterocycles. The molecule has 2 bridgehead atoms. The Balaban J connectivity index is 1.45. The standard InChI is InChI=1S/C21H24O4/c1-15-18-14-24-21(25-18)20(23-13-17-10-6-3-7-11-17)19(15)22-12-16-8-4-2-5-9-16/h2-11,15,18-21H,12-14H2,1H3/t15?,18-,19+,20?,21-/m1/s1. The van der Waals surface area contributed by atoms with Crippen molar-refractivity contribution in [2.24, 2.45) is 5.92 Å². The monoisotopic (exact) mass is 340 g/mol. The van der Waals surface area contributed by atoms with Gasteiger partial charge in [-0.15, -0.1) is 0 Å². The first-order valence-electron chi connectivity index (χ1n) is 8.89. The lowest BCUT2D eigenvalue weighted by molar-refractivity contribution is -0.243. The van der Waals surface area contributed by atoms with E-state index in [2.05, 4.69) is 31.2 Å². The summed E-state index contributed by atoms with van der Waals surface area (Å²) < 4.78 is 24.2. The molecule has 0 aromatic heterocycles. The number of fused-ring (bicyclic) bond motifs is 2. The first kappa shape index (κ1) is 16.7. The van der Waals surface area contributed by atoms with E-state index in [9.17, 15) is 0 Å². The number of benzene rings is 2. The van der Waals surface area contributed by atoms with Crippen LogP contribution in [0.2, 0.25) is 0 Å². The number of rotatable bonds is 6. The summed E-state index contributed by atoms with van der Waals surface area (Å²) in [5.41, 5.74) is 2.30. The Labute approximate surface area is 148 Å². The predicted molar refractivity (Wildman–Crippen MR) is 93.8 cm³/mol. The van der Waals surface area contributed by atoms with Crippen LogP contribution >= 0.6 is 0 Å². The third kappa shape index (κ3) is 3.77. The lowest BCUT2D eigenvalue weighted by Gasteiger charge is -2.39. The van der Waals surface area contributed by atoms with Crippen LogP contribution in [0.3, 0.4) is 0 Å². The van der Waals surface area contributed by atoms with Gasteiger partial charge >= 0.3 is 0 Å². The van der Waals surface area contributed by atoms with Gasteiger partial charge in [0.05, 0.1) is 32.0 Å². The molecule has 0 amide bonds. The van der Waals surface area contributed by atoms with Crippen molar-refractivity contribution in [2.45, 2.75) is 44.7 Å². The second kappa shape index (κ2) is 7.67. The molecule has 5 atom stereocenters. The van der Waals surface area contributed by atoms with Crippen molar-refractivity contribution in [3.05, 3.63) is 71.8 Å². The molecule has 2 heterocycles. The minimum Gasteiger partial charge on any atom is -0.370 e. The number of hydrogen-bond acceptors (Lipinski definition) is 4. The molecule has 2 aromatic carbocycles. The molecule has 0 N–H and O–H groups in total. The highest BCUT2D eigenvalue weighted by molar-refractivity contribution is 5.14. The number of ether oxygens (including phenoxy) is 4. The molecule has 4 heteroatoms. The Hall–Kier alpha value is -1.72. The van der Waals surface area contributed by atoms with Gasteiger partial charge in [-0.25, -0.2) is 0 Å². The van der Waals surface area contributed by atoms with Crippen molar-refractivity contribution in [3.8, 4) is 0 Å². The SMILES string of the molecule is CC1[C@H](OCc2ccccc2)C(OCc2ccccc2)[C@@H]2OC[C@H]1O2. The summed E-state index contributed by atoms with van der Waals surface area (Å²) in [7, 11) is 0. The van der Waals surface area contributed by atoms with Crippen molar-refractivity contribution in [1.82, 2.24) is 0 Å². The molecule has 132 valence electrons. The van der Waals surface area contributed by atoms with Crippen LogP contribution in [0.5, 0.6) is 0 Å². The van der Waals surface area contributed by atoms with Crippen LogP contribution in [0.1, 0.15) is 18.1 Å². The fourth-order valence-corrected chi connectivity index (χ4v) is 3.51. The van der Waals surface area contributed by atoms with E-state index < -0.39 is 0 Å². The second-order valence-corrected chi connectivity index (χ2v) is 6.76. The van der Waals surface area contributed by atoms with Gasteiger partial charge in [0.25, 0.3) is 0 Å². The minimum atomic E-state index is -0.342. The van der Waals surface area contributed by atoms with Crippen LogP contribution in [0.15, 0.2) is 60.7 Å². The number of hydrogen-bond donors (Lipinski definition) is 0. The molecule has 2 aliphatic heterocycles. The molecule has 4 rings (SSSR count). The van der Waals surface area contributed by atoms with E-state index in [1.807, 2.05) is 36.4 Å². The molecule has 2 aliphatic rings. The highest BCUT2D eigenvalue weighted by atomic mass is 16.7. The summed E-state index contributed by atoms with van der Waals surface area (Å²) in [6.07, 6.45) is -0.527. The third-order valence-electron chi connectivity index (χ3n) is 5.00. The van der Waals surface area contributed by atoms with Gasteiger partial charge in [-0.2, -0.15) is 0 Å². The van der Waals surface area contributed by atoms with E-state index >= 15 is 0 Å². The maximum atomic E-state index is 6.28. The zero-order valence-corrected chi connectivity index (χ0v) is 14.4. The molecule has 0 spiro atoms. The average Bonchev–Trinajstić information content (AvgIpc) is 3.11. The topological polar surface area (TPSA) is 36.9 Å². The van der Waals surface area contributed by atoms with E-state index in [0.717, 1.165) is 11.1 Å². The Morgan fingerprint density at radius 1 is 0.840 bits per heavy atom. The zero-order chi connectivity index (χ0) is 17.1. The van der Waals surface area contributed by atoms with Crippen LogP contribution in [0.4, 0.5) is 0 Å². The molecule has 25 heavy (non-hydrogen) atoms. The van der Waals surface area contributed by atoms with E-state index in [1.54, 1.807) is 0 Å². The predicted octanol–water partition coefficient (Wildman–Crippen LogP) is 3.55. The first-order valence-corrected chi connectivity index (χ1v) is 8.89. The van der Waals surface area contributed by atoms with Gasteiger partial charge < -0.3 is 18.9 Å². The Bertz CT molecular complexity index is 617. The maximum absolute atomic E-state index is 6.28. The van der Waals surface area contributed by atoms with Crippen molar-refractivity contribution >= 4 is 0 Å². The van der Waals surface area contributed by atoms with E-state index in [-0.39, 0.29) is 30.5 Å². The smallest absolute Gasteiger partial charge is 0.186 e. The van der Waals surface area contributed by atoms with E-state index in [4.69, 9.17) is 18.9 Å². The summed E-state index contributed by atoms with van der Waals surface area (Å²) in [5, 5.41) is 0. The van der Waals surface area contributed by atoms with Crippen LogP contribution < -0.4 is 0 Å². The molecule has 4 nitrogen and oxygen atoms in total. The van der Waals surface area contributed by atoms with Gasteiger partial charge in [0.1, 0.15) is 6.10 Å². The molecule has 0 radical (unpaired) electrons. The average molecular weight is 340 g/mol. The van der Waals surface area contributed by atoms with Gasteiger partial charge in [-0.1, -0.05) is 67.6 Å². The lowest BCUT2D eigenvalue weighted by Crippen LogP contribution is -2.51. The fourth-order valence-electron chi connectivity index (χ4n) is 3.51. The van der Waals surface area contributed by atoms with Crippen LogP contribution in [-0.4, -0.2) is 31.2 Å². The second-order valence-electron chi connectivity index (χ2n) is 6.76. The highest BCUT2D eigenvalue weighted by Crippen LogP contribution is 2.36. The van der Waals surface area contributed by atoms with Crippen molar-refractivity contribution in [2.75, 3.05) is 6.61 Å². The molecule has 2 unspecified atom stereocenters. The summed E-state index contributed by atoms with van der Waals surface area (Å²) in [5.74, 6) is 0.225. The summed E-state index contributed by atoms with van der Waals surface area (Å²) in [6, 6.07) is 20.4. The molecular weight excluding hydrogens is 316 g/mol. The Morgan fingerprint density at radius 2 is 1.40 bits per heavy atom. The molecule has 0 aliphatic carbocycles. The largest absolute Gasteiger partial charge is 0.370 e. The van der Waals surface area contributed by atoms with Crippen molar-refractivity contribution in [3.63, 3.8) is 0 Å². The molecular formula is C21H24O4. The normalized spacial score (nSPS) is 31.2. The van der Waals surface area contributed by atoms with Crippen LogP contribution in [0, 0.1) is 5.92 Å². The Kier molecular flexibility index (Phi) is 5.13. The lowest BCUT2D eigenvalue weighted by atomic mass is 9.92. The highest BCUT2D eigenvalue weighted by Gasteiger charge is 2.50. The van der Waals surface area contributed by atoms with Crippen LogP contribution in [0.25, 0.3) is 0 Å². The van der Waals surface area contributed by atoms with Gasteiger partial charge in [0.15, 0.2) is 6.29 Å². The maximum Gasteiger partial charge on any atom is 0.186 e. The minimum absolute atomic E-state index is 0.0461. The zero-order valence-electron chi connectivity index (χ0n) is 14.4. The summed E-state index contributed by atoms with van der Waals surface area (Å²) >= 11 is 0. The van der Waals surface area contributed by atoms with Crippen molar-refractivity contribution in [1.29, 1.82) is 0 Å². The molecule has 0 saturated carbocycles. The summed E-state index contributed by atoms with van der Waals surface area (Å²) in [4.78, 5) is 0. The third-order valence-corrected chi connectivity index (χ3v) is 5.00. The fraction of sp³-hybridized carbons (Fsp3) is 0.429. The first-order chi connectivity index (χ1) is 12.3. The van der Waals surface area contributed by atoms with E-state index in [1.165, 1.54) is 0 Å². The van der Waals surface area contributed by atoms with Crippen LogP contribution in [-0.2, 0) is 32.2 Å². The quantitative estimate of drug-likeness (QED) is 0.806. The molecule has 2 aromatic rings. The van der Waals surface area contributed by atoms with Gasteiger partial charge in [0, 0.05) is 5.92 Å². The van der Waals surface area contributed by atoms with Gasteiger partial charge in [0.2, 0.25) is 0 Å². The van der Waals surface area contributed by atoms with Gasteiger partial charge in [-0.05, 0) is 11.1 Å². The Morgan fingerprint density at radius 3 is 2.00 bits per heavy atom. The van der Waals surface area contributed by atoms with Crippen molar-refractivity contribution < 1.29 is 18.9 Å². The summed E-state index contributed by atoms with van der Waals surface area (Å²) in [6.45, 7) is 3.87. The van der Waals surface area contributed by atoms with E-state index in [0.29, 0.717) is 19.8 Å². The molecule has 2 fully saturated rings. The van der Waals surface area contributed by atoms with Gasteiger partial charge in [-0.3, -0.25) is 0 Å².